The predicted molar refractivity (Wildman–Crippen MR) is 109 cm³/mol. The lowest BCUT2D eigenvalue weighted by Crippen LogP contribution is -2.46. The van der Waals surface area contributed by atoms with Gasteiger partial charge in [-0.3, -0.25) is 9.59 Å². The molecule has 1 atom stereocenters. The highest BCUT2D eigenvalue weighted by Crippen LogP contribution is 2.19. The first-order chi connectivity index (χ1) is 13.9. The third kappa shape index (κ3) is 4.52. The van der Waals surface area contributed by atoms with Gasteiger partial charge in [-0.25, -0.2) is 8.42 Å². The largest absolute Gasteiger partial charge is 0.497 e. The van der Waals surface area contributed by atoms with Crippen molar-refractivity contribution in [3.8, 4) is 5.75 Å². The molecule has 3 aromatic carbocycles. The quantitative estimate of drug-likeness (QED) is 0.606. The zero-order valence-electron chi connectivity index (χ0n) is 15.6. The molecule has 0 unspecified atom stereocenters. The fourth-order valence-corrected chi connectivity index (χ4v) is 4.22. The van der Waals surface area contributed by atoms with E-state index in [0.29, 0.717) is 5.75 Å². The summed E-state index contributed by atoms with van der Waals surface area (Å²) < 4.78 is 31.4. The fourth-order valence-electron chi connectivity index (χ4n) is 2.73. The third-order valence-corrected chi connectivity index (χ3v) is 6.17. The van der Waals surface area contributed by atoms with Crippen molar-refractivity contribution >= 4 is 21.5 Å². The maximum atomic E-state index is 13.2. The van der Waals surface area contributed by atoms with Crippen molar-refractivity contribution in [2.75, 3.05) is 7.11 Å². The Bertz CT molecular complexity index is 1090. The van der Waals surface area contributed by atoms with Crippen molar-refractivity contribution in [3.63, 3.8) is 0 Å². The van der Waals surface area contributed by atoms with E-state index in [9.17, 15) is 18.0 Å². The number of nitrogens with one attached hydrogen (secondary N) is 1. The van der Waals surface area contributed by atoms with Gasteiger partial charge in [-0.05, 0) is 36.4 Å². The van der Waals surface area contributed by atoms with E-state index < -0.39 is 26.9 Å². The Labute approximate surface area is 169 Å². The van der Waals surface area contributed by atoms with Crippen molar-refractivity contribution in [1.82, 2.24) is 5.32 Å². The molecule has 3 aromatic rings. The summed E-state index contributed by atoms with van der Waals surface area (Å²) in [6.45, 7) is 0. The maximum Gasteiger partial charge on any atom is 0.252 e. The van der Waals surface area contributed by atoms with Crippen LogP contribution in [0.4, 0.5) is 0 Å². The average Bonchev–Trinajstić information content (AvgIpc) is 2.78. The number of amides is 1. The number of methoxy groups -OCH3 is 1. The van der Waals surface area contributed by atoms with E-state index in [1.807, 2.05) is 0 Å². The van der Waals surface area contributed by atoms with Crippen molar-refractivity contribution in [2.24, 2.45) is 0 Å². The van der Waals surface area contributed by atoms with Crippen molar-refractivity contribution in [3.05, 3.63) is 96.1 Å². The summed E-state index contributed by atoms with van der Waals surface area (Å²) in [6.07, 6.45) is 0. The lowest BCUT2D eigenvalue weighted by Gasteiger charge is -2.19. The van der Waals surface area contributed by atoms with Gasteiger partial charge in [0.25, 0.3) is 5.91 Å². The molecule has 0 aromatic heterocycles. The Kier molecular flexibility index (Phi) is 6.09. The summed E-state index contributed by atoms with van der Waals surface area (Å²) in [4.78, 5) is 25.7. The number of benzene rings is 3. The summed E-state index contributed by atoms with van der Waals surface area (Å²) in [6, 6.07) is 21.7. The average molecular weight is 409 g/mol. The van der Waals surface area contributed by atoms with E-state index in [1.165, 1.54) is 43.5 Å². The van der Waals surface area contributed by atoms with Crippen LogP contribution in [0.25, 0.3) is 0 Å². The van der Waals surface area contributed by atoms with Crippen molar-refractivity contribution < 1.29 is 22.7 Å². The summed E-state index contributed by atoms with van der Waals surface area (Å²) in [7, 11) is -2.67. The molecule has 7 heteroatoms. The molecule has 0 saturated heterocycles. The molecule has 0 saturated carbocycles. The van der Waals surface area contributed by atoms with Crippen LogP contribution in [0.2, 0.25) is 0 Å². The number of hydrogen-bond donors (Lipinski definition) is 1. The summed E-state index contributed by atoms with van der Waals surface area (Å²) in [5.41, 5.74) is 0.395. The minimum absolute atomic E-state index is 0.0516. The molecule has 0 spiro atoms. The number of ketones is 1. The molecule has 0 heterocycles. The molecule has 0 bridgehead atoms. The Morgan fingerprint density at radius 1 is 0.793 bits per heavy atom. The van der Waals surface area contributed by atoms with Gasteiger partial charge in [0.15, 0.2) is 5.37 Å². The molecule has 1 amide bonds. The van der Waals surface area contributed by atoms with Gasteiger partial charge < -0.3 is 10.1 Å². The lowest BCUT2D eigenvalue weighted by atomic mass is 10.1. The normalized spacial score (nSPS) is 12.0. The Hall–Kier alpha value is -3.45. The summed E-state index contributed by atoms with van der Waals surface area (Å²) in [5.74, 6) is -0.840. The zero-order chi connectivity index (χ0) is 20.9. The van der Waals surface area contributed by atoms with Crippen LogP contribution in [0.3, 0.4) is 0 Å². The highest BCUT2D eigenvalue weighted by Gasteiger charge is 2.36. The minimum atomic E-state index is -4.17. The van der Waals surface area contributed by atoms with E-state index in [-0.39, 0.29) is 16.0 Å². The highest BCUT2D eigenvalue weighted by molar-refractivity contribution is 7.92. The molecule has 0 fully saturated rings. The van der Waals surface area contributed by atoms with Gasteiger partial charge in [0.05, 0.1) is 12.0 Å². The summed E-state index contributed by atoms with van der Waals surface area (Å²) >= 11 is 0. The van der Waals surface area contributed by atoms with Crippen LogP contribution < -0.4 is 10.1 Å². The van der Waals surface area contributed by atoms with Gasteiger partial charge in [0.2, 0.25) is 15.6 Å². The SMILES string of the molecule is COc1ccc(C(=O)N[C@@H](C(=O)c2ccccc2)S(=O)(=O)c2ccccc2)cc1. The second-order valence-electron chi connectivity index (χ2n) is 6.17. The van der Waals surface area contributed by atoms with Gasteiger partial charge in [-0.1, -0.05) is 48.5 Å². The standard InChI is InChI=1S/C22H19NO5S/c1-28-18-14-12-17(13-15-18)21(25)23-22(20(24)16-8-4-2-5-9-16)29(26,27)19-10-6-3-7-11-19/h2-15,22H,1H3,(H,23,25)/t22-/m1/s1. The van der Waals surface area contributed by atoms with Gasteiger partial charge >= 0.3 is 0 Å². The van der Waals surface area contributed by atoms with E-state index in [0.717, 1.165) is 0 Å². The van der Waals surface area contributed by atoms with Crippen LogP contribution in [0.5, 0.6) is 5.75 Å². The monoisotopic (exact) mass is 409 g/mol. The summed E-state index contributed by atoms with van der Waals surface area (Å²) in [5, 5.41) is 0.628. The van der Waals surface area contributed by atoms with Gasteiger partial charge in [0.1, 0.15) is 5.75 Å². The van der Waals surface area contributed by atoms with Crippen molar-refractivity contribution in [1.29, 1.82) is 0 Å². The number of carbonyl (C=O) groups excluding carboxylic acids is 2. The first kappa shape index (κ1) is 20.3. The molecule has 0 radical (unpaired) electrons. The van der Waals surface area contributed by atoms with E-state index in [1.54, 1.807) is 48.5 Å². The van der Waals surface area contributed by atoms with Gasteiger partial charge in [-0.15, -0.1) is 0 Å². The van der Waals surface area contributed by atoms with Crippen LogP contribution >= 0.6 is 0 Å². The third-order valence-electron chi connectivity index (χ3n) is 4.29. The highest BCUT2D eigenvalue weighted by atomic mass is 32.2. The number of hydrogen-bond acceptors (Lipinski definition) is 5. The predicted octanol–water partition coefficient (Wildman–Crippen LogP) is 3.11. The number of sulfone groups is 1. The van der Waals surface area contributed by atoms with Crippen LogP contribution in [-0.2, 0) is 9.84 Å². The van der Waals surface area contributed by atoms with Crippen LogP contribution in [0, 0.1) is 0 Å². The first-order valence-corrected chi connectivity index (χ1v) is 10.3. The smallest absolute Gasteiger partial charge is 0.252 e. The van der Waals surface area contributed by atoms with Gasteiger partial charge in [0, 0.05) is 11.1 Å². The topological polar surface area (TPSA) is 89.5 Å². The number of carbonyl (C=O) groups is 2. The number of ether oxygens (including phenoxy) is 1. The second kappa shape index (κ2) is 8.70. The fraction of sp³-hybridized carbons (Fsp3) is 0.0909. The van der Waals surface area contributed by atoms with E-state index in [4.69, 9.17) is 4.74 Å². The minimum Gasteiger partial charge on any atom is -0.497 e. The van der Waals surface area contributed by atoms with Crippen LogP contribution in [-0.4, -0.2) is 32.6 Å². The lowest BCUT2D eigenvalue weighted by molar-refractivity contribution is 0.0888. The molecule has 29 heavy (non-hydrogen) atoms. The number of Topliss-reactive ketones (excluding diaryl/α,β-unsaturated/α-hetero) is 1. The van der Waals surface area contributed by atoms with E-state index >= 15 is 0 Å². The Morgan fingerprint density at radius 3 is 1.90 bits per heavy atom. The molecule has 148 valence electrons. The van der Waals surface area contributed by atoms with Crippen LogP contribution in [0.15, 0.2) is 89.8 Å². The molecule has 3 rings (SSSR count). The molecule has 0 aliphatic carbocycles. The Morgan fingerprint density at radius 2 is 1.34 bits per heavy atom. The molecule has 0 aliphatic heterocycles. The molecule has 6 nitrogen and oxygen atoms in total. The molecule has 1 N–H and O–H groups in total. The Balaban J connectivity index is 1.98. The molecular weight excluding hydrogens is 390 g/mol. The van der Waals surface area contributed by atoms with Crippen molar-refractivity contribution in [2.45, 2.75) is 10.3 Å². The first-order valence-electron chi connectivity index (χ1n) is 8.76. The second-order valence-corrected chi connectivity index (χ2v) is 8.20. The van der Waals surface area contributed by atoms with E-state index in [2.05, 4.69) is 5.32 Å². The zero-order valence-corrected chi connectivity index (χ0v) is 16.4. The number of rotatable bonds is 7. The maximum absolute atomic E-state index is 13.2. The molecular formula is C22H19NO5S. The van der Waals surface area contributed by atoms with Crippen LogP contribution in [0.1, 0.15) is 20.7 Å². The molecule has 0 aliphatic rings. The van der Waals surface area contributed by atoms with Gasteiger partial charge in [-0.2, -0.15) is 0 Å².